The lowest BCUT2D eigenvalue weighted by atomic mass is 9.71. The fourth-order valence-corrected chi connectivity index (χ4v) is 6.13. The summed E-state index contributed by atoms with van der Waals surface area (Å²) in [6, 6.07) is 16.8. The molecular weight excluding hydrogens is 482 g/mol. The first-order valence-electron chi connectivity index (χ1n) is 11.2. The van der Waals surface area contributed by atoms with Gasteiger partial charge in [-0.2, -0.15) is 0 Å². The Morgan fingerprint density at radius 3 is 2.76 bits per heavy atom. The zero-order chi connectivity index (χ0) is 22.3. The number of nitro benzene ring substituents is 1. The number of para-hydroxylation sites is 2. The number of halogens is 1. The molecule has 3 fully saturated rings. The number of quaternary nitrogens is 1. The fraction of sp³-hybridized carbons (Fsp3) is 0.346. The molecule has 33 heavy (non-hydrogen) atoms. The van der Waals surface area contributed by atoms with Crippen molar-refractivity contribution in [2.75, 3.05) is 13.1 Å². The summed E-state index contributed by atoms with van der Waals surface area (Å²) in [6.07, 6.45) is 5.07. The SMILES string of the molecule is C=C[C@H]1C[N+]2(Cc3ccccc3[N+](=O)[O-])CC[C@H]1C[C@@H]2[C@@H](O)c1ccnc2ccccc12.[Br-]. The zero-order valence-corrected chi connectivity index (χ0v) is 20.0. The van der Waals surface area contributed by atoms with Crippen LogP contribution >= 0.6 is 0 Å². The molecule has 1 unspecified atom stereocenters. The summed E-state index contributed by atoms with van der Waals surface area (Å²) < 4.78 is 0.649. The average molecular weight is 510 g/mol. The van der Waals surface area contributed by atoms with Crippen LogP contribution in [0.3, 0.4) is 0 Å². The number of hydrogen-bond acceptors (Lipinski definition) is 4. The normalized spacial score (nSPS) is 27.0. The molecule has 6 rings (SSSR count). The van der Waals surface area contributed by atoms with Crippen LogP contribution in [0.5, 0.6) is 0 Å². The Bertz CT molecular complexity index is 1180. The van der Waals surface area contributed by atoms with E-state index in [1.807, 2.05) is 48.5 Å². The first-order chi connectivity index (χ1) is 15.5. The summed E-state index contributed by atoms with van der Waals surface area (Å²) >= 11 is 0. The van der Waals surface area contributed by atoms with Gasteiger partial charge in [-0.1, -0.05) is 36.4 Å². The highest BCUT2D eigenvalue weighted by molar-refractivity contribution is 5.82. The number of nitro groups is 1. The second-order valence-corrected chi connectivity index (χ2v) is 9.28. The predicted octanol–water partition coefficient (Wildman–Crippen LogP) is 1.79. The van der Waals surface area contributed by atoms with Gasteiger partial charge in [0, 0.05) is 36.4 Å². The van der Waals surface area contributed by atoms with Gasteiger partial charge in [0.2, 0.25) is 0 Å². The third-order valence-corrected chi connectivity index (χ3v) is 7.72. The molecule has 1 aromatic heterocycles. The number of fused-ring (bicyclic) bond motifs is 4. The second kappa shape index (κ2) is 9.33. The van der Waals surface area contributed by atoms with Crippen molar-refractivity contribution >= 4 is 16.6 Å². The van der Waals surface area contributed by atoms with E-state index in [-0.39, 0.29) is 33.6 Å². The minimum absolute atomic E-state index is 0. The van der Waals surface area contributed by atoms with Crippen molar-refractivity contribution in [2.24, 2.45) is 11.8 Å². The van der Waals surface area contributed by atoms with E-state index in [9.17, 15) is 15.2 Å². The molecule has 4 heterocycles. The van der Waals surface area contributed by atoms with E-state index in [1.165, 1.54) is 0 Å². The van der Waals surface area contributed by atoms with Gasteiger partial charge < -0.3 is 26.6 Å². The van der Waals surface area contributed by atoms with Crippen molar-refractivity contribution in [1.82, 2.24) is 4.98 Å². The Kier molecular flexibility index (Phi) is 6.66. The minimum atomic E-state index is -0.667. The van der Waals surface area contributed by atoms with Gasteiger partial charge in [-0.15, -0.1) is 6.58 Å². The van der Waals surface area contributed by atoms with Gasteiger partial charge in [0.15, 0.2) is 0 Å². The van der Waals surface area contributed by atoms with Crippen molar-refractivity contribution in [2.45, 2.75) is 31.5 Å². The number of aromatic nitrogens is 1. The first-order valence-corrected chi connectivity index (χ1v) is 11.2. The van der Waals surface area contributed by atoms with Crippen LogP contribution in [0.25, 0.3) is 10.9 Å². The van der Waals surface area contributed by atoms with E-state index in [2.05, 4.69) is 11.6 Å². The fourth-order valence-electron chi connectivity index (χ4n) is 6.13. The molecule has 0 aliphatic carbocycles. The van der Waals surface area contributed by atoms with Crippen LogP contribution in [0.15, 0.2) is 73.4 Å². The Hall–Kier alpha value is -2.61. The van der Waals surface area contributed by atoms with Crippen LogP contribution in [-0.4, -0.2) is 38.6 Å². The number of aliphatic hydroxyl groups is 1. The molecule has 3 aromatic rings. The number of hydrogen-bond donors (Lipinski definition) is 1. The topological polar surface area (TPSA) is 76.3 Å². The van der Waals surface area contributed by atoms with Crippen LogP contribution in [0, 0.1) is 22.0 Å². The van der Waals surface area contributed by atoms with Gasteiger partial charge in [-0.3, -0.25) is 15.1 Å². The summed E-state index contributed by atoms with van der Waals surface area (Å²) in [6.45, 7) is 6.37. The average Bonchev–Trinajstić information content (AvgIpc) is 2.83. The molecule has 3 aliphatic heterocycles. The molecule has 3 aliphatic rings. The van der Waals surface area contributed by atoms with Crippen molar-refractivity contribution in [1.29, 1.82) is 0 Å². The lowest BCUT2D eigenvalue weighted by Crippen LogP contribution is -3.00. The van der Waals surface area contributed by atoms with Gasteiger partial charge in [-0.25, -0.2) is 0 Å². The van der Waals surface area contributed by atoms with Crippen LogP contribution in [0.4, 0.5) is 5.69 Å². The maximum atomic E-state index is 11.7. The first kappa shape index (κ1) is 23.5. The Morgan fingerprint density at radius 2 is 1.97 bits per heavy atom. The van der Waals surface area contributed by atoms with Crippen LogP contribution < -0.4 is 17.0 Å². The molecule has 2 bridgehead atoms. The van der Waals surface area contributed by atoms with Gasteiger partial charge in [0.1, 0.15) is 18.7 Å². The molecule has 5 atom stereocenters. The third-order valence-electron chi connectivity index (χ3n) is 7.72. The number of nitrogens with zero attached hydrogens (tertiary/aromatic N) is 3. The Labute approximate surface area is 204 Å². The number of benzene rings is 2. The number of piperidine rings is 3. The van der Waals surface area contributed by atoms with Crippen LogP contribution in [0.2, 0.25) is 0 Å². The van der Waals surface area contributed by atoms with Gasteiger partial charge in [0.05, 0.1) is 29.1 Å². The van der Waals surface area contributed by atoms with Crippen molar-refractivity contribution in [3.05, 3.63) is 94.7 Å². The zero-order valence-electron chi connectivity index (χ0n) is 18.4. The maximum absolute atomic E-state index is 11.7. The lowest BCUT2D eigenvalue weighted by Gasteiger charge is -2.58. The number of aliphatic hydroxyl groups excluding tert-OH is 1. The maximum Gasteiger partial charge on any atom is 0.278 e. The molecule has 7 heteroatoms. The molecule has 6 nitrogen and oxygen atoms in total. The largest absolute Gasteiger partial charge is 1.00 e. The molecule has 0 radical (unpaired) electrons. The monoisotopic (exact) mass is 509 g/mol. The molecule has 0 spiro atoms. The second-order valence-electron chi connectivity index (χ2n) is 9.28. The van der Waals surface area contributed by atoms with Crippen LogP contribution in [0.1, 0.15) is 30.1 Å². The van der Waals surface area contributed by atoms with Gasteiger partial charge in [0.25, 0.3) is 5.69 Å². The molecule has 3 saturated heterocycles. The highest BCUT2D eigenvalue weighted by Crippen LogP contribution is 2.48. The van der Waals surface area contributed by atoms with Crippen LogP contribution in [-0.2, 0) is 6.54 Å². The predicted molar refractivity (Wildman–Crippen MR) is 124 cm³/mol. The van der Waals surface area contributed by atoms with E-state index in [0.717, 1.165) is 48.0 Å². The standard InChI is InChI=1S/C26H28N3O3.BrH/c1-2-18-16-29(17-20-7-3-6-10-24(20)28(31)32)14-12-19(18)15-25(29)26(30)22-11-13-27-23-9-5-4-8-21(22)23;/h2-11,13,18-19,25-26,30H,1,12,14-17H2;1H/q+1;/p-1/t18-,19-,25+,26-,29?;/m0./s1. The van der Waals surface area contributed by atoms with Gasteiger partial charge in [-0.05, 0) is 29.7 Å². The molecular formula is C26H28BrN3O3. The summed E-state index contributed by atoms with van der Waals surface area (Å²) in [5, 5.41) is 24.4. The minimum Gasteiger partial charge on any atom is -1.00 e. The summed E-state index contributed by atoms with van der Waals surface area (Å²) in [5.74, 6) is 0.857. The summed E-state index contributed by atoms with van der Waals surface area (Å²) in [7, 11) is 0. The smallest absolute Gasteiger partial charge is 0.278 e. The number of pyridine rings is 1. The Balaban J connectivity index is 0.00000259. The molecule has 172 valence electrons. The summed E-state index contributed by atoms with van der Waals surface area (Å²) in [5.41, 5.74) is 2.65. The quantitative estimate of drug-likeness (QED) is 0.238. The van der Waals surface area contributed by atoms with Crippen molar-refractivity contribution in [3.8, 4) is 0 Å². The molecule has 0 saturated carbocycles. The van der Waals surface area contributed by atoms with Gasteiger partial charge >= 0.3 is 0 Å². The highest BCUT2D eigenvalue weighted by atomic mass is 79.9. The number of rotatable bonds is 6. The van der Waals surface area contributed by atoms with Crippen molar-refractivity contribution in [3.63, 3.8) is 0 Å². The highest BCUT2D eigenvalue weighted by Gasteiger charge is 2.54. The summed E-state index contributed by atoms with van der Waals surface area (Å²) in [4.78, 5) is 15.9. The van der Waals surface area contributed by atoms with E-state index in [0.29, 0.717) is 22.9 Å². The molecule has 1 N–H and O–H groups in total. The van der Waals surface area contributed by atoms with E-state index in [1.54, 1.807) is 18.3 Å². The van der Waals surface area contributed by atoms with Crippen molar-refractivity contribution < 1.29 is 31.5 Å². The molecule has 2 aromatic carbocycles. The Morgan fingerprint density at radius 1 is 1.21 bits per heavy atom. The molecule has 0 amide bonds. The van der Waals surface area contributed by atoms with E-state index in [4.69, 9.17) is 0 Å². The van der Waals surface area contributed by atoms with E-state index < -0.39 is 6.10 Å². The lowest BCUT2D eigenvalue weighted by molar-refractivity contribution is -0.985. The third kappa shape index (κ3) is 4.09. The van der Waals surface area contributed by atoms with E-state index >= 15 is 0 Å².